The molecule has 1 amide bonds. The molecule has 0 saturated heterocycles. The maximum atomic E-state index is 10.9. The lowest BCUT2D eigenvalue weighted by Crippen LogP contribution is -2.34. The summed E-state index contributed by atoms with van der Waals surface area (Å²) in [5.74, 6) is 0.156. The Morgan fingerprint density at radius 1 is 1.42 bits per heavy atom. The van der Waals surface area contributed by atoms with Gasteiger partial charge in [-0.2, -0.15) is 0 Å². The van der Waals surface area contributed by atoms with Crippen molar-refractivity contribution >= 4 is 5.91 Å². The van der Waals surface area contributed by atoms with Gasteiger partial charge in [-0.05, 0) is 6.42 Å². The fourth-order valence-corrected chi connectivity index (χ4v) is 0.878. The molecule has 76 valence electrons. The number of carbonyl (C=O) groups excluding carboxylic acids is 1. The molecule has 0 unspecified atom stereocenters. The molecule has 0 aliphatic carbocycles. The SMILES string of the molecule is CCCC(=O)NCCNC(C)C.[HH].[HH]. The van der Waals surface area contributed by atoms with E-state index < -0.39 is 0 Å². The van der Waals surface area contributed by atoms with Gasteiger partial charge in [-0.15, -0.1) is 0 Å². The average Bonchev–Trinajstić information content (AvgIpc) is 1.98. The highest BCUT2D eigenvalue weighted by Crippen LogP contribution is 1.84. The molecule has 0 heterocycles. The summed E-state index contributed by atoms with van der Waals surface area (Å²) >= 11 is 0. The summed E-state index contributed by atoms with van der Waals surface area (Å²) in [4.78, 5) is 10.9. The Hall–Kier alpha value is -0.570. The minimum atomic E-state index is 0. The van der Waals surface area contributed by atoms with Crippen molar-refractivity contribution in [3.63, 3.8) is 0 Å². The molecule has 0 aliphatic rings. The highest BCUT2D eigenvalue weighted by molar-refractivity contribution is 5.75. The molecular weight excluding hydrogens is 152 g/mol. The summed E-state index contributed by atoms with van der Waals surface area (Å²) in [7, 11) is 0. The molecule has 3 heteroatoms. The smallest absolute Gasteiger partial charge is 0.220 e. The van der Waals surface area contributed by atoms with E-state index in [4.69, 9.17) is 0 Å². The number of hydrogen-bond donors (Lipinski definition) is 2. The Morgan fingerprint density at radius 3 is 2.58 bits per heavy atom. The summed E-state index contributed by atoms with van der Waals surface area (Å²) in [6.07, 6.45) is 1.56. The Kier molecular flexibility index (Phi) is 6.76. The Labute approximate surface area is 77.9 Å². The van der Waals surface area contributed by atoms with Crippen LogP contribution in [0.2, 0.25) is 0 Å². The Balaban J connectivity index is -0.000000605. The molecule has 0 bridgehead atoms. The third kappa shape index (κ3) is 7.54. The maximum absolute atomic E-state index is 10.9. The predicted octanol–water partition coefficient (Wildman–Crippen LogP) is 1.39. The monoisotopic (exact) mass is 176 g/mol. The van der Waals surface area contributed by atoms with Gasteiger partial charge in [0.2, 0.25) is 5.91 Å². The number of amides is 1. The van der Waals surface area contributed by atoms with Crippen LogP contribution in [0.4, 0.5) is 0 Å². The van der Waals surface area contributed by atoms with E-state index in [0.717, 1.165) is 19.5 Å². The van der Waals surface area contributed by atoms with Gasteiger partial charge in [-0.25, -0.2) is 0 Å². The quantitative estimate of drug-likeness (QED) is 0.601. The summed E-state index contributed by atoms with van der Waals surface area (Å²) in [6, 6.07) is 0.494. The predicted molar refractivity (Wildman–Crippen MR) is 55.3 cm³/mol. The molecule has 0 aromatic rings. The molecule has 0 rings (SSSR count). The van der Waals surface area contributed by atoms with Crippen molar-refractivity contribution in [1.29, 1.82) is 0 Å². The summed E-state index contributed by atoms with van der Waals surface area (Å²) < 4.78 is 0. The van der Waals surface area contributed by atoms with E-state index in [9.17, 15) is 4.79 Å². The van der Waals surface area contributed by atoms with E-state index in [1.54, 1.807) is 0 Å². The van der Waals surface area contributed by atoms with Crippen molar-refractivity contribution in [1.82, 2.24) is 10.6 Å². The molecule has 0 aromatic carbocycles. The lowest BCUT2D eigenvalue weighted by molar-refractivity contribution is -0.121. The molecule has 12 heavy (non-hydrogen) atoms. The molecule has 3 nitrogen and oxygen atoms in total. The molecule has 0 fully saturated rings. The van der Waals surface area contributed by atoms with Crippen LogP contribution in [0.15, 0.2) is 0 Å². The highest BCUT2D eigenvalue weighted by atomic mass is 16.1. The number of nitrogens with one attached hydrogen (secondary N) is 2. The summed E-state index contributed by atoms with van der Waals surface area (Å²) in [6.45, 7) is 7.78. The molecular formula is C9H24N2O. The zero-order valence-corrected chi connectivity index (χ0v) is 8.31. The van der Waals surface area contributed by atoms with Gasteiger partial charge in [0.05, 0.1) is 0 Å². The normalized spacial score (nSPS) is 10.3. The second-order valence-electron chi connectivity index (χ2n) is 3.21. The first-order valence-corrected chi connectivity index (χ1v) is 4.67. The van der Waals surface area contributed by atoms with Crippen molar-refractivity contribution < 1.29 is 7.65 Å². The van der Waals surface area contributed by atoms with Crippen LogP contribution in [0.5, 0.6) is 0 Å². The zero-order valence-electron chi connectivity index (χ0n) is 8.31. The zero-order chi connectivity index (χ0) is 9.40. The van der Waals surface area contributed by atoms with Gasteiger partial charge in [-0.3, -0.25) is 4.79 Å². The van der Waals surface area contributed by atoms with Gasteiger partial charge >= 0.3 is 0 Å². The van der Waals surface area contributed by atoms with Crippen LogP contribution >= 0.6 is 0 Å². The van der Waals surface area contributed by atoms with Crippen LogP contribution in [0.1, 0.15) is 36.5 Å². The van der Waals surface area contributed by atoms with E-state index in [2.05, 4.69) is 24.5 Å². The maximum Gasteiger partial charge on any atom is 0.220 e. The van der Waals surface area contributed by atoms with E-state index in [-0.39, 0.29) is 8.76 Å². The molecule has 0 radical (unpaired) electrons. The van der Waals surface area contributed by atoms with Gasteiger partial charge in [0.1, 0.15) is 0 Å². The first-order chi connectivity index (χ1) is 5.66. The Bertz CT molecular complexity index is 132. The lowest BCUT2D eigenvalue weighted by atomic mass is 10.3. The Morgan fingerprint density at radius 2 is 2.08 bits per heavy atom. The number of rotatable bonds is 6. The van der Waals surface area contributed by atoms with Gasteiger partial charge in [0, 0.05) is 28.4 Å². The van der Waals surface area contributed by atoms with Crippen LogP contribution in [0.25, 0.3) is 0 Å². The summed E-state index contributed by atoms with van der Waals surface area (Å²) in [5.41, 5.74) is 0. The largest absolute Gasteiger partial charge is 0.355 e. The molecule has 0 saturated carbocycles. The topological polar surface area (TPSA) is 41.1 Å². The van der Waals surface area contributed by atoms with E-state index in [1.807, 2.05) is 6.92 Å². The molecule has 0 atom stereocenters. The second kappa shape index (κ2) is 7.10. The van der Waals surface area contributed by atoms with Crippen LogP contribution in [-0.4, -0.2) is 25.0 Å². The lowest BCUT2D eigenvalue weighted by Gasteiger charge is -2.08. The average molecular weight is 176 g/mol. The van der Waals surface area contributed by atoms with Crippen molar-refractivity contribution in [2.24, 2.45) is 0 Å². The van der Waals surface area contributed by atoms with Crippen molar-refractivity contribution in [2.75, 3.05) is 13.1 Å². The molecule has 2 N–H and O–H groups in total. The minimum Gasteiger partial charge on any atom is -0.355 e. The van der Waals surface area contributed by atoms with Gasteiger partial charge in [0.15, 0.2) is 0 Å². The van der Waals surface area contributed by atoms with Gasteiger partial charge in [0.25, 0.3) is 0 Å². The van der Waals surface area contributed by atoms with Crippen molar-refractivity contribution in [3.05, 3.63) is 0 Å². The molecule has 0 aromatic heterocycles. The number of hydrogen-bond acceptors (Lipinski definition) is 2. The van der Waals surface area contributed by atoms with E-state index in [0.29, 0.717) is 12.5 Å². The van der Waals surface area contributed by atoms with Gasteiger partial charge in [-0.1, -0.05) is 20.8 Å². The van der Waals surface area contributed by atoms with Crippen LogP contribution in [-0.2, 0) is 4.79 Å². The van der Waals surface area contributed by atoms with Crippen LogP contribution < -0.4 is 10.6 Å². The number of carbonyl (C=O) groups is 1. The highest BCUT2D eigenvalue weighted by Gasteiger charge is 1.97. The third-order valence-electron chi connectivity index (χ3n) is 1.48. The fraction of sp³-hybridized carbons (Fsp3) is 0.889. The van der Waals surface area contributed by atoms with E-state index >= 15 is 0 Å². The molecule has 0 spiro atoms. The fourth-order valence-electron chi connectivity index (χ4n) is 0.878. The second-order valence-corrected chi connectivity index (χ2v) is 3.21. The van der Waals surface area contributed by atoms with E-state index in [1.165, 1.54) is 0 Å². The van der Waals surface area contributed by atoms with Crippen LogP contribution in [0, 0.1) is 0 Å². The van der Waals surface area contributed by atoms with Crippen molar-refractivity contribution in [3.8, 4) is 0 Å². The van der Waals surface area contributed by atoms with Crippen LogP contribution in [0.3, 0.4) is 0 Å². The standard InChI is InChI=1S/C9H20N2O.2H2/c1-4-5-9(12)11-7-6-10-8(2)3;;/h8,10H,4-7H2,1-3H3,(H,11,12);2*1H. The van der Waals surface area contributed by atoms with Crippen molar-refractivity contribution in [2.45, 2.75) is 39.7 Å². The minimum absolute atomic E-state index is 0. The summed E-state index contributed by atoms with van der Waals surface area (Å²) in [5, 5.41) is 6.07. The first-order valence-electron chi connectivity index (χ1n) is 4.67. The first kappa shape index (κ1) is 11.4. The third-order valence-corrected chi connectivity index (χ3v) is 1.48. The molecule has 0 aliphatic heterocycles. The van der Waals surface area contributed by atoms with Gasteiger partial charge < -0.3 is 10.6 Å².